The molecule has 1 aromatic heterocycles. The first-order valence-electron chi connectivity index (χ1n) is 9.86. The van der Waals surface area contributed by atoms with Crippen LogP contribution in [-0.4, -0.2) is 42.5 Å². The summed E-state index contributed by atoms with van der Waals surface area (Å²) in [6.07, 6.45) is 2.69. The summed E-state index contributed by atoms with van der Waals surface area (Å²) in [5.74, 6) is 1.47. The number of aromatic nitrogens is 2. The summed E-state index contributed by atoms with van der Waals surface area (Å²) in [6.45, 7) is -1.18. The van der Waals surface area contributed by atoms with Crippen molar-refractivity contribution >= 4 is 41.0 Å². The van der Waals surface area contributed by atoms with E-state index in [0.717, 1.165) is 24.0 Å². The normalized spacial score (nSPS) is 12.7. The van der Waals surface area contributed by atoms with Crippen molar-refractivity contribution in [1.82, 2.24) is 20.2 Å². The van der Waals surface area contributed by atoms with Crippen molar-refractivity contribution in [3.8, 4) is 17.2 Å². The number of nitrogens with one attached hydrogen (secondary N) is 2. The molecule has 1 aliphatic rings. The SMILES string of the molecule is CN=C(NCCCn1cnc2ccccc21)NCc1cc2c(cc1OC(F)F)OCO2.I. The molecule has 2 heterocycles. The molecule has 2 N–H and O–H groups in total. The zero-order valence-electron chi connectivity index (χ0n) is 17.4. The topological polar surface area (TPSA) is 81.9 Å². The first kappa shape index (κ1) is 23.8. The summed E-state index contributed by atoms with van der Waals surface area (Å²) in [5.41, 5.74) is 2.58. The Morgan fingerprint density at radius 3 is 2.78 bits per heavy atom. The molecule has 0 fully saturated rings. The summed E-state index contributed by atoms with van der Waals surface area (Å²) in [6, 6.07) is 11.0. The van der Waals surface area contributed by atoms with Gasteiger partial charge in [0.25, 0.3) is 0 Å². The summed E-state index contributed by atoms with van der Waals surface area (Å²) >= 11 is 0. The van der Waals surface area contributed by atoms with E-state index < -0.39 is 6.61 Å². The number of hydrogen-bond acceptors (Lipinski definition) is 5. The van der Waals surface area contributed by atoms with Crippen LogP contribution in [0.2, 0.25) is 0 Å². The number of aliphatic imine (C=N–C) groups is 1. The van der Waals surface area contributed by atoms with E-state index >= 15 is 0 Å². The van der Waals surface area contributed by atoms with Crippen molar-refractivity contribution in [3.05, 3.63) is 48.3 Å². The van der Waals surface area contributed by atoms with Crippen LogP contribution in [0.25, 0.3) is 11.0 Å². The number of guanidine groups is 1. The van der Waals surface area contributed by atoms with E-state index in [2.05, 4.69) is 29.9 Å². The molecule has 4 rings (SSSR count). The second-order valence-corrected chi connectivity index (χ2v) is 6.82. The quantitative estimate of drug-likeness (QED) is 0.190. The molecule has 2 aromatic carbocycles. The maximum Gasteiger partial charge on any atom is 0.387 e. The van der Waals surface area contributed by atoms with Crippen molar-refractivity contribution in [2.75, 3.05) is 20.4 Å². The number of ether oxygens (including phenoxy) is 3. The van der Waals surface area contributed by atoms with E-state index in [9.17, 15) is 8.78 Å². The highest BCUT2D eigenvalue weighted by Crippen LogP contribution is 2.38. The summed E-state index contributed by atoms with van der Waals surface area (Å²) in [5, 5.41) is 6.34. The van der Waals surface area contributed by atoms with Gasteiger partial charge in [-0.25, -0.2) is 4.98 Å². The van der Waals surface area contributed by atoms with E-state index in [-0.39, 0.29) is 43.1 Å². The molecule has 172 valence electrons. The van der Waals surface area contributed by atoms with Gasteiger partial charge in [0.15, 0.2) is 17.5 Å². The van der Waals surface area contributed by atoms with Crippen molar-refractivity contribution in [2.45, 2.75) is 26.1 Å². The molecule has 0 atom stereocenters. The van der Waals surface area contributed by atoms with Gasteiger partial charge in [0.1, 0.15) is 5.75 Å². The predicted molar refractivity (Wildman–Crippen MR) is 127 cm³/mol. The Bertz CT molecular complexity index is 1080. The lowest BCUT2D eigenvalue weighted by Gasteiger charge is -2.15. The molecule has 0 radical (unpaired) electrons. The molecule has 1 aliphatic heterocycles. The maximum absolute atomic E-state index is 12.8. The van der Waals surface area contributed by atoms with Crippen LogP contribution < -0.4 is 24.8 Å². The van der Waals surface area contributed by atoms with Crippen LogP contribution in [0, 0.1) is 0 Å². The van der Waals surface area contributed by atoms with Crippen LogP contribution in [0.4, 0.5) is 8.78 Å². The number of alkyl halides is 2. The average Bonchev–Trinajstić information content (AvgIpc) is 3.39. The fourth-order valence-electron chi connectivity index (χ4n) is 3.35. The Morgan fingerprint density at radius 2 is 2.00 bits per heavy atom. The minimum Gasteiger partial charge on any atom is -0.454 e. The summed E-state index contributed by atoms with van der Waals surface area (Å²) in [4.78, 5) is 8.57. The molecule has 0 saturated carbocycles. The summed E-state index contributed by atoms with van der Waals surface area (Å²) < 4.78 is 42.9. The minimum absolute atomic E-state index is 0. The fourth-order valence-corrected chi connectivity index (χ4v) is 3.35. The third-order valence-electron chi connectivity index (χ3n) is 4.84. The predicted octanol–water partition coefficient (Wildman–Crippen LogP) is 3.74. The van der Waals surface area contributed by atoms with Crippen LogP contribution in [0.3, 0.4) is 0 Å². The van der Waals surface area contributed by atoms with Gasteiger partial charge in [-0.3, -0.25) is 4.99 Å². The number of hydrogen-bond donors (Lipinski definition) is 2. The first-order chi connectivity index (χ1) is 15.1. The maximum atomic E-state index is 12.8. The number of benzene rings is 2. The molecule has 3 aromatic rings. The van der Waals surface area contributed by atoms with E-state index in [0.29, 0.717) is 29.6 Å². The molecule has 32 heavy (non-hydrogen) atoms. The molecule has 0 bridgehead atoms. The van der Waals surface area contributed by atoms with Crippen molar-refractivity contribution < 1.29 is 23.0 Å². The van der Waals surface area contributed by atoms with E-state index in [1.165, 1.54) is 6.07 Å². The highest BCUT2D eigenvalue weighted by molar-refractivity contribution is 14.0. The standard InChI is InChI=1S/C21H23F2N5O3.HI/c1-24-21(25-7-4-8-28-12-27-15-5-2-3-6-16(15)28)26-11-14-9-18-19(30-13-29-18)10-17(14)31-20(22)23;/h2-3,5-6,9-10,12,20H,4,7-8,11,13H2,1H3,(H2,24,25,26);1H. The van der Waals surface area contributed by atoms with Gasteiger partial charge in [-0.05, 0) is 24.6 Å². The molecule has 0 spiro atoms. The molecule has 0 saturated heterocycles. The van der Waals surface area contributed by atoms with Crippen molar-refractivity contribution in [2.24, 2.45) is 4.99 Å². The smallest absolute Gasteiger partial charge is 0.387 e. The van der Waals surface area contributed by atoms with Crippen LogP contribution >= 0.6 is 24.0 Å². The van der Waals surface area contributed by atoms with Gasteiger partial charge in [-0.15, -0.1) is 24.0 Å². The molecular formula is C21H24F2IN5O3. The monoisotopic (exact) mass is 559 g/mol. The van der Waals surface area contributed by atoms with Gasteiger partial charge in [-0.1, -0.05) is 12.1 Å². The lowest BCUT2D eigenvalue weighted by Crippen LogP contribution is -2.37. The minimum atomic E-state index is -2.93. The zero-order valence-corrected chi connectivity index (χ0v) is 19.7. The van der Waals surface area contributed by atoms with Gasteiger partial charge in [0.2, 0.25) is 6.79 Å². The second-order valence-electron chi connectivity index (χ2n) is 6.82. The van der Waals surface area contributed by atoms with Crippen LogP contribution in [0.15, 0.2) is 47.7 Å². The van der Waals surface area contributed by atoms with Gasteiger partial charge < -0.3 is 29.4 Å². The number of nitrogens with zero attached hydrogens (tertiary/aromatic N) is 3. The third kappa shape index (κ3) is 5.69. The van der Waals surface area contributed by atoms with Crippen molar-refractivity contribution in [3.63, 3.8) is 0 Å². The fraction of sp³-hybridized carbons (Fsp3) is 0.333. The number of para-hydroxylation sites is 2. The number of rotatable bonds is 8. The van der Waals surface area contributed by atoms with E-state index in [1.807, 2.05) is 30.6 Å². The number of aryl methyl sites for hydroxylation is 1. The van der Waals surface area contributed by atoms with E-state index in [4.69, 9.17) is 9.47 Å². The average molecular weight is 559 g/mol. The molecule has 0 aliphatic carbocycles. The highest BCUT2D eigenvalue weighted by atomic mass is 127. The molecule has 8 nitrogen and oxygen atoms in total. The Balaban J connectivity index is 0.00000289. The Hall–Kier alpha value is -2.83. The Kier molecular flexibility index (Phi) is 8.31. The van der Waals surface area contributed by atoms with Crippen LogP contribution in [0.1, 0.15) is 12.0 Å². The molecular weight excluding hydrogens is 535 g/mol. The Morgan fingerprint density at radius 1 is 1.22 bits per heavy atom. The summed E-state index contributed by atoms with van der Waals surface area (Å²) in [7, 11) is 1.65. The number of fused-ring (bicyclic) bond motifs is 2. The second kappa shape index (κ2) is 11.2. The lowest BCUT2D eigenvalue weighted by molar-refractivity contribution is -0.0505. The van der Waals surface area contributed by atoms with Crippen LogP contribution in [0.5, 0.6) is 17.2 Å². The lowest BCUT2D eigenvalue weighted by atomic mass is 10.1. The largest absolute Gasteiger partial charge is 0.454 e. The van der Waals surface area contributed by atoms with Crippen molar-refractivity contribution in [1.29, 1.82) is 0 Å². The molecule has 0 unspecified atom stereocenters. The number of halogens is 3. The highest BCUT2D eigenvalue weighted by Gasteiger charge is 2.20. The third-order valence-corrected chi connectivity index (χ3v) is 4.84. The number of imidazole rings is 1. The zero-order chi connectivity index (χ0) is 21.6. The Labute approximate surface area is 201 Å². The first-order valence-corrected chi connectivity index (χ1v) is 9.86. The van der Waals surface area contributed by atoms with Gasteiger partial charge in [0.05, 0.1) is 17.4 Å². The molecule has 11 heteroatoms. The van der Waals surface area contributed by atoms with Crippen LogP contribution in [-0.2, 0) is 13.1 Å². The van der Waals surface area contributed by atoms with Gasteiger partial charge in [0, 0.05) is 38.3 Å². The van der Waals surface area contributed by atoms with E-state index in [1.54, 1.807) is 13.1 Å². The van der Waals surface area contributed by atoms with Gasteiger partial charge in [-0.2, -0.15) is 8.78 Å². The molecule has 0 amide bonds. The van der Waals surface area contributed by atoms with Gasteiger partial charge >= 0.3 is 6.61 Å².